The summed E-state index contributed by atoms with van der Waals surface area (Å²) < 4.78 is 16.0. The number of ether oxygens (including phenoxy) is 3. The van der Waals surface area contributed by atoms with Crippen molar-refractivity contribution in [2.24, 2.45) is 11.8 Å². The van der Waals surface area contributed by atoms with Gasteiger partial charge in [-0.25, -0.2) is 0 Å². The molecule has 0 unspecified atom stereocenters. The quantitative estimate of drug-likeness (QED) is 0.292. The molecule has 2 saturated heterocycles. The molecular weight excluding hydrogens is 526 g/mol. The normalized spacial score (nSPS) is 23.2. The minimum absolute atomic E-state index is 0.124. The van der Waals surface area contributed by atoms with Crippen LogP contribution in [0.3, 0.4) is 0 Å². The van der Waals surface area contributed by atoms with Crippen LogP contribution >= 0.6 is 0 Å². The van der Waals surface area contributed by atoms with Crippen molar-refractivity contribution < 1.29 is 33.4 Å². The maximum atomic E-state index is 13.7. The summed E-state index contributed by atoms with van der Waals surface area (Å²) >= 11 is 0. The Labute approximate surface area is 242 Å². The molecule has 0 radical (unpaired) electrons. The van der Waals surface area contributed by atoms with E-state index in [4.69, 9.17) is 14.2 Å². The highest BCUT2D eigenvalue weighted by Gasteiger charge is 2.50. The average Bonchev–Trinajstić information content (AvgIpc) is 3.51. The Kier molecular flexibility index (Phi) is 10.8. The summed E-state index contributed by atoms with van der Waals surface area (Å²) in [6.45, 7) is 5.00. The molecule has 2 heterocycles. The van der Waals surface area contributed by atoms with Gasteiger partial charge >= 0.3 is 0 Å². The highest BCUT2D eigenvalue weighted by atomic mass is 16.6. The summed E-state index contributed by atoms with van der Waals surface area (Å²) in [7, 11) is 1.58. The largest absolute Gasteiger partial charge is 0.497 e. The lowest BCUT2D eigenvalue weighted by molar-refractivity contribution is -0.134. The number of nitrogens with one attached hydrogen (secondary N) is 3. The van der Waals surface area contributed by atoms with E-state index in [2.05, 4.69) is 16.0 Å². The summed E-state index contributed by atoms with van der Waals surface area (Å²) in [6, 6.07) is 4.80. The van der Waals surface area contributed by atoms with Gasteiger partial charge in [-0.3, -0.25) is 19.2 Å². The van der Waals surface area contributed by atoms with Crippen molar-refractivity contribution in [2.75, 3.05) is 26.9 Å². The van der Waals surface area contributed by atoms with Crippen LogP contribution in [0.5, 0.6) is 5.75 Å². The van der Waals surface area contributed by atoms with Gasteiger partial charge in [-0.15, -0.1) is 0 Å². The smallest absolute Gasteiger partial charge is 0.243 e. The van der Waals surface area contributed by atoms with Gasteiger partial charge in [0.15, 0.2) is 5.78 Å². The molecule has 10 heteroatoms. The van der Waals surface area contributed by atoms with Crippen molar-refractivity contribution >= 4 is 23.5 Å². The standard InChI is InChI=1S/C31H45N3O7/c1-20(32-27(35)18-23-12-14-40-15-13-23)29(37)34-26(17-22-8-10-24(39-3)11-9-22)30(38)33-25(16-21-6-4-5-7-21)28(36)31(2)19-41-31/h8-11,20-21,23,25-26H,4-7,12-19H2,1-3H3,(H,32,35)(H,33,38)(H,34,37)/t20-,25+,26+,31+/m1/s1. The van der Waals surface area contributed by atoms with Crippen LogP contribution < -0.4 is 20.7 Å². The van der Waals surface area contributed by atoms with Gasteiger partial charge in [0.1, 0.15) is 23.4 Å². The molecule has 41 heavy (non-hydrogen) atoms. The summed E-state index contributed by atoms with van der Waals surface area (Å²) in [5.74, 6) is 0.0632. The van der Waals surface area contributed by atoms with Gasteiger partial charge in [0.2, 0.25) is 17.7 Å². The molecule has 1 aliphatic carbocycles. The van der Waals surface area contributed by atoms with Crippen LogP contribution in [0.25, 0.3) is 0 Å². The van der Waals surface area contributed by atoms with E-state index in [-0.39, 0.29) is 24.0 Å². The van der Waals surface area contributed by atoms with E-state index in [0.717, 1.165) is 44.1 Å². The summed E-state index contributed by atoms with van der Waals surface area (Å²) in [6.07, 6.45) is 7.08. The predicted molar refractivity (Wildman–Crippen MR) is 152 cm³/mol. The van der Waals surface area contributed by atoms with Crippen molar-refractivity contribution in [3.8, 4) is 5.75 Å². The first-order valence-corrected chi connectivity index (χ1v) is 15.0. The first kappa shape index (κ1) is 31.0. The molecule has 0 bridgehead atoms. The number of hydrogen-bond donors (Lipinski definition) is 3. The molecule has 3 aliphatic rings. The van der Waals surface area contributed by atoms with E-state index in [0.29, 0.717) is 44.3 Å². The minimum atomic E-state index is -0.947. The number of hydrogen-bond acceptors (Lipinski definition) is 7. The van der Waals surface area contributed by atoms with Gasteiger partial charge in [-0.2, -0.15) is 0 Å². The van der Waals surface area contributed by atoms with E-state index in [1.807, 2.05) is 12.1 Å². The number of rotatable bonds is 14. The highest BCUT2D eigenvalue weighted by molar-refractivity contribution is 5.98. The molecule has 226 valence electrons. The number of carbonyl (C=O) groups is 4. The average molecular weight is 572 g/mol. The van der Waals surface area contributed by atoms with Gasteiger partial charge < -0.3 is 30.2 Å². The fourth-order valence-electron chi connectivity index (χ4n) is 5.78. The van der Waals surface area contributed by atoms with Crippen LogP contribution in [-0.4, -0.2) is 74.2 Å². The number of amides is 3. The molecule has 10 nitrogen and oxygen atoms in total. The molecule has 1 aromatic rings. The fraction of sp³-hybridized carbons (Fsp3) is 0.677. The van der Waals surface area contributed by atoms with E-state index in [9.17, 15) is 19.2 Å². The molecule has 1 aromatic carbocycles. The zero-order valence-electron chi connectivity index (χ0n) is 24.5. The number of ketones is 1. The van der Waals surface area contributed by atoms with Crippen molar-refractivity contribution in [1.29, 1.82) is 0 Å². The number of Topliss-reactive ketones (excluding diaryl/α,β-unsaturated/α-hetero) is 1. The summed E-state index contributed by atoms with van der Waals surface area (Å²) in [5, 5.41) is 8.58. The third kappa shape index (κ3) is 9.00. The van der Waals surface area contributed by atoms with Gasteiger partial charge in [0, 0.05) is 26.1 Å². The maximum Gasteiger partial charge on any atom is 0.243 e. The van der Waals surface area contributed by atoms with E-state index < -0.39 is 35.5 Å². The predicted octanol–water partition coefficient (Wildman–Crippen LogP) is 2.47. The Balaban J connectivity index is 1.43. The van der Waals surface area contributed by atoms with Gasteiger partial charge in [0.25, 0.3) is 0 Å². The van der Waals surface area contributed by atoms with Crippen molar-refractivity contribution in [3.05, 3.63) is 29.8 Å². The van der Waals surface area contributed by atoms with Crippen LogP contribution in [0.15, 0.2) is 24.3 Å². The topological polar surface area (TPSA) is 135 Å². The summed E-state index contributed by atoms with van der Waals surface area (Å²) in [4.78, 5) is 52.8. The molecular formula is C31H45N3O7. The third-order valence-corrected chi connectivity index (χ3v) is 8.59. The first-order chi connectivity index (χ1) is 19.7. The van der Waals surface area contributed by atoms with Crippen molar-refractivity contribution in [3.63, 3.8) is 0 Å². The number of epoxide rings is 1. The van der Waals surface area contributed by atoms with Crippen molar-refractivity contribution in [1.82, 2.24) is 16.0 Å². The third-order valence-electron chi connectivity index (χ3n) is 8.59. The minimum Gasteiger partial charge on any atom is -0.497 e. The summed E-state index contributed by atoms with van der Waals surface area (Å²) in [5.41, 5.74) is -0.0484. The van der Waals surface area contributed by atoms with Crippen LogP contribution in [-0.2, 0) is 35.1 Å². The number of benzene rings is 1. The van der Waals surface area contributed by atoms with Gasteiger partial charge in [-0.05, 0) is 62.6 Å². The molecule has 0 spiro atoms. The lowest BCUT2D eigenvalue weighted by Gasteiger charge is -2.27. The maximum absolute atomic E-state index is 13.7. The zero-order valence-corrected chi connectivity index (χ0v) is 24.5. The van der Waals surface area contributed by atoms with Crippen LogP contribution in [0.4, 0.5) is 0 Å². The second-order valence-corrected chi connectivity index (χ2v) is 12.0. The zero-order chi connectivity index (χ0) is 29.4. The van der Waals surface area contributed by atoms with E-state index in [1.165, 1.54) is 0 Å². The Morgan fingerprint density at radius 1 is 0.927 bits per heavy atom. The molecule has 4 rings (SSSR count). The Morgan fingerprint density at radius 3 is 2.17 bits per heavy atom. The van der Waals surface area contributed by atoms with E-state index >= 15 is 0 Å². The lowest BCUT2D eigenvalue weighted by Crippen LogP contribution is -2.57. The van der Waals surface area contributed by atoms with Gasteiger partial charge in [-0.1, -0.05) is 37.8 Å². The first-order valence-electron chi connectivity index (χ1n) is 15.0. The Bertz CT molecular complexity index is 1060. The molecule has 2 aliphatic heterocycles. The molecule has 1 saturated carbocycles. The lowest BCUT2D eigenvalue weighted by atomic mass is 9.90. The Hall–Kier alpha value is -2.98. The fourth-order valence-corrected chi connectivity index (χ4v) is 5.78. The number of carbonyl (C=O) groups excluding carboxylic acids is 4. The monoisotopic (exact) mass is 571 g/mol. The highest BCUT2D eigenvalue weighted by Crippen LogP contribution is 2.33. The van der Waals surface area contributed by atoms with Crippen LogP contribution in [0.1, 0.15) is 70.8 Å². The molecule has 3 N–H and O–H groups in total. The molecule has 3 fully saturated rings. The SMILES string of the molecule is COc1ccc(C[C@H](NC(=O)[C@@H](C)NC(=O)CC2CCOCC2)C(=O)N[C@@H](CC2CCCC2)C(=O)[C@]2(C)CO2)cc1. The molecule has 4 atom stereocenters. The second-order valence-electron chi connectivity index (χ2n) is 12.0. The van der Waals surface area contributed by atoms with Crippen LogP contribution in [0.2, 0.25) is 0 Å². The Morgan fingerprint density at radius 2 is 1.56 bits per heavy atom. The van der Waals surface area contributed by atoms with Crippen molar-refractivity contribution in [2.45, 2.75) is 95.4 Å². The van der Waals surface area contributed by atoms with Gasteiger partial charge in [0.05, 0.1) is 19.8 Å². The molecule has 3 amide bonds. The molecule has 0 aromatic heterocycles. The van der Waals surface area contributed by atoms with Crippen LogP contribution in [0, 0.1) is 11.8 Å². The second kappa shape index (κ2) is 14.3. The number of methoxy groups -OCH3 is 1. The van der Waals surface area contributed by atoms with E-state index in [1.54, 1.807) is 33.1 Å².